The summed E-state index contributed by atoms with van der Waals surface area (Å²) in [6.45, 7) is 5.66. The Morgan fingerprint density at radius 1 is 1.42 bits per heavy atom. The Balaban J connectivity index is 2.49. The highest BCUT2D eigenvalue weighted by molar-refractivity contribution is 6.05. The second-order valence-electron chi connectivity index (χ2n) is 4.39. The first-order valence-electron chi connectivity index (χ1n) is 6.57. The molecule has 0 radical (unpaired) electrons. The van der Waals surface area contributed by atoms with Crippen LogP contribution in [0.4, 0.5) is 5.69 Å². The molecule has 0 unspecified atom stereocenters. The lowest BCUT2D eigenvalue weighted by molar-refractivity contribution is 0.100. The largest absolute Gasteiger partial charge is 0.384 e. The normalized spacial score (nSPS) is 10.8. The van der Waals surface area contributed by atoms with Crippen molar-refractivity contribution in [3.8, 4) is 0 Å². The van der Waals surface area contributed by atoms with E-state index in [0.717, 1.165) is 42.7 Å². The Labute approximate surface area is 112 Å². The molecule has 0 aliphatic carbocycles. The Morgan fingerprint density at radius 2 is 2.21 bits per heavy atom. The minimum absolute atomic E-state index is 0.416. The zero-order valence-corrected chi connectivity index (χ0v) is 11.3. The summed E-state index contributed by atoms with van der Waals surface area (Å²) in [5, 5.41) is 8.39. The average molecular weight is 261 g/mol. The number of aryl methyl sites for hydroxylation is 1. The summed E-state index contributed by atoms with van der Waals surface area (Å²) in [6.07, 6.45) is 5.37. The quantitative estimate of drug-likeness (QED) is 0.776. The maximum Gasteiger partial charge on any atom is 0.252 e. The van der Waals surface area contributed by atoms with Crippen molar-refractivity contribution in [3.63, 3.8) is 0 Å². The zero-order chi connectivity index (χ0) is 13.8. The van der Waals surface area contributed by atoms with E-state index in [1.807, 2.05) is 6.92 Å². The minimum Gasteiger partial charge on any atom is -0.384 e. The fraction of sp³-hybridized carbons (Fsp3) is 0.462. The van der Waals surface area contributed by atoms with Gasteiger partial charge in [-0.3, -0.25) is 4.79 Å². The Hall–Kier alpha value is -2.11. The van der Waals surface area contributed by atoms with Gasteiger partial charge in [0.2, 0.25) is 0 Å². The highest BCUT2D eigenvalue weighted by Gasteiger charge is 2.15. The maximum absolute atomic E-state index is 11.5. The number of nitrogens with zero attached hydrogens (tertiary/aromatic N) is 3. The number of carbonyl (C=O) groups is 1. The van der Waals surface area contributed by atoms with E-state index >= 15 is 0 Å². The summed E-state index contributed by atoms with van der Waals surface area (Å²) >= 11 is 0. The first-order valence-corrected chi connectivity index (χ1v) is 6.57. The van der Waals surface area contributed by atoms with E-state index in [4.69, 9.17) is 5.73 Å². The summed E-state index contributed by atoms with van der Waals surface area (Å²) in [4.78, 5) is 15.8. The SMILES string of the molecule is CCCCNc1c(C(N)=O)cnc2c1cnn2CC. The first kappa shape index (κ1) is 13.3. The summed E-state index contributed by atoms with van der Waals surface area (Å²) in [5.74, 6) is -0.474. The Kier molecular flexibility index (Phi) is 3.99. The predicted molar refractivity (Wildman–Crippen MR) is 75.1 cm³/mol. The standard InChI is InChI=1S/C13H19N5O/c1-3-5-6-15-11-9(12(14)19)7-16-13-10(11)8-17-18(13)4-2/h7-8H,3-6H2,1-2H3,(H2,14,19)(H,15,16). The van der Waals surface area contributed by atoms with Crippen molar-refractivity contribution in [3.05, 3.63) is 18.0 Å². The van der Waals surface area contributed by atoms with Crippen LogP contribution in [0.25, 0.3) is 11.0 Å². The van der Waals surface area contributed by atoms with E-state index in [1.165, 1.54) is 6.20 Å². The number of fused-ring (bicyclic) bond motifs is 1. The number of anilines is 1. The summed E-state index contributed by atoms with van der Waals surface area (Å²) in [7, 11) is 0. The van der Waals surface area contributed by atoms with Gasteiger partial charge in [0.1, 0.15) is 0 Å². The number of hydrogen-bond donors (Lipinski definition) is 2. The molecule has 0 fully saturated rings. The number of primary amides is 1. The molecule has 0 bridgehead atoms. The number of carbonyl (C=O) groups excluding carboxylic acids is 1. The molecule has 2 aromatic heterocycles. The molecule has 2 heterocycles. The molecule has 0 aliphatic heterocycles. The number of unbranched alkanes of at least 4 members (excludes halogenated alkanes) is 1. The molecule has 6 heteroatoms. The third-order valence-electron chi connectivity index (χ3n) is 3.06. The molecule has 6 nitrogen and oxygen atoms in total. The van der Waals surface area contributed by atoms with E-state index in [9.17, 15) is 4.79 Å². The van der Waals surface area contributed by atoms with Crippen LogP contribution in [0.3, 0.4) is 0 Å². The fourth-order valence-electron chi connectivity index (χ4n) is 2.03. The van der Waals surface area contributed by atoms with E-state index < -0.39 is 5.91 Å². The van der Waals surface area contributed by atoms with Crippen LogP contribution >= 0.6 is 0 Å². The highest BCUT2D eigenvalue weighted by Crippen LogP contribution is 2.25. The molecule has 0 saturated heterocycles. The van der Waals surface area contributed by atoms with Gasteiger partial charge < -0.3 is 11.1 Å². The molecule has 1 amide bonds. The van der Waals surface area contributed by atoms with Crippen LogP contribution in [0.15, 0.2) is 12.4 Å². The fourth-order valence-corrected chi connectivity index (χ4v) is 2.03. The molecular weight excluding hydrogens is 242 g/mol. The number of aromatic nitrogens is 3. The van der Waals surface area contributed by atoms with Crippen molar-refractivity contribution in [2.24, 2.45) is 5.73 Å². The summed E-state index contributed by atoms with van der Waals surface area (Å²) in [5.41, 5.74) is 7.33. The van der Waals surface area contributed by atoms with Crippen LogP contribution in [0, 0.1) is 0 Å². The highest BCUT2D eigenvalue weighted by atomic mass is 16.1. The van der Waals surface area contributed by atoms with Crippen molar-refractivity contribution in [2.45, 2.75) is 33.2 Å². The van der Waals surface area contributed by atoms with Crippen LogP contribution in [0.1, 0.15) is 37.0 Å². The maximum atomic E-state index is 11.5. The Morgan fingerprint density at radius 3 is 2.84 bits per heavy atom. The van der Waals surface area contributed by atoms with E-state index in [-0.39, 0.29) is 0 Å². The van der Waals surface area contributed by atoms with Crippen LogP contribution in [-0.2, 0) is 6.54 Å². The second kappa shape index (κ2) is 5.69. The zero-order valence-electron chi connectivity index (χ0n) is 11.3. The number of nitrogens with one attached hydrogen (secondary N) is 1. The van der Waals surface area contributed by atoms with Gasteiger partial charge in [-0.05, 0) is 13.3 Å². The molecule has 2 rings (SSSR count). The van der Waals surface area contributed by atoms with Crippen LogP contribution in [0.5, 0.6) is 0 Å². The molecule has 0 aliphatic rings. The third kappa shape index (κ3) is 2.52. The molecule has 3 N–H and O–H groups in total. The lowest BCUT2D eigenvalue weighted by Crippen LogP contribution is -2.16. The van der Waals surface area contributed by atoms with Gasteiger partial charge in [-0.15, -0.1) is 0 Å². The Bertz CT molecular complexity index is 590. The molecular formula is C13H19N5O. The molecule has 19 heavy (non-hydrogen) atoms. The molecule has 0 atom stereocenters. The van der Waals surface area contributed by atoms with Gasteiger partial charge in [-0.1, -0.05) is 13.3 Å². The first-order chi connectivity index (χ1) is 9.19. The molecule has 0 saturated carbocycles. The average Bonchev–Trinajstić information content (AvgIpc) is 2.82. The van der Waals surface area contributed by atoms with Crippen LogP contribution in [-0.4, -0.2) is 27.2 Å². The van der Waals surface area contributed by atoms with Gasteiger partial charge in [0.15, 0.2) is 5.65 Å². The van der Waals surface area contributed by atoms with Crippen molar-refractivity contribution < 1.29 is 4.79 Å². The van der Waals surface area contributed by atoms with Crippen molar-refractivity contribution in [2.75, 3.05) is 11.9 Å². The summed E-state index contributed by atoms with van der Waals surface area (Å²) < 4.78 is 1.80. The topological polar surface area (TPSA) is 85.8 Å². The van der Waals surface area contributed by atoms with E-state index in [0.29, 0.717) is 5.56 Å². The molecule has 0 aromatic carbocycles. The summed E-state index contributed by atoms with van der Waals surface area (Å²) in [6, 6.07) is 0. The number of nitrogens with two attached hydrogens (primary N) is 1. The van der Waals surface area contributed by atoms with Crippen LogP contribution in [0.2, 0.25) is 0 Å². The van der Waals surface area contributed by atoms with Crippen molar-refractivity contribution in [1.82, 2.24) is 14.8 Å². The van der Waals surface area contributed by atoms with Crippen molar-refractivity contribution in [1.29, 1.82) is 0 Å². The van der Waals surface area contributed by atoms with Gasteiger partial charge in [0.05, 0.1) is 22.8 Å². The van der Waals surface area contributed by atoms with Gasteiger partial charge in [0, 0.05) is 19.3 Å². The number of rotatable bonds is 6. The lowest BCUT2D eigenvalue weighted by atomic mass is 10.1. The van der Waals surface area contributed by atoms with Gasteiger partial charge in [-0.25, -0.2) is 9.67 Å². The minimum atomic E-state index is -0.474. The van der Waals surface area contributed by atoms with Gasteiger partial charge >= 0.3 is 0 Å². The number of pyridine rings is 1. The van der Waals surface area contributed by atoms with Gasteiger partial charge in [0.25, 0.3) is 5.91 Å². The second-order valence-corrected chi connectivity index (χ2v) is 4.39. The molecule has 0 spiro atoms. The van der Waals surface area contributed by atoms with Gasteiger partial charge in [-0.2, -0.15) is 5.10 Å². The number of amides is 1. The monoisotopic (exact) mass is 261 g/mol. The van der Waals surface area contributed by atoms with E-state index in [1.54, 1.807) is 10.9 Å². The number of hydrogen-bond acceptors (Lipinski definition) is 4. The van der Waals surface area contributed by atoms with Crippen LogP contribution < -0.4 is 11.1 Å². The van der Waals surface area contributed by atoms with E-state index in [2.05, 4.69) is 22.3 Å². The van der Waals surface area contributed by atoms with Crippen molar-refractivity contribution >= 4 is 22.6 Å². The third-order valence-corrected chi connectivity index (χ3v) is 3.06. The predicted octanol–water partition coefficient (Wildman–Crippen LogP) is 1.76. The molecule has 2 aromatic rings. The molecule has 102 valence electrons. The smallest absolute Gasteiger partial charge is 0.252 e. The lowest BCUT2D eigenvalue weighted by Gasteiger charge is -2.10.